The van der Waals surface area contributed by atoms with Crippen molar-refractivity contribution in [3.63, 3.8) is 0 Å². The Hall–Kier alpha value is -1.53. The number of rotatable bonds is 1. The maximum absolute atomic E-state index is 15.3. The van der Waals surface area contributed by atoms with Crippen LogP contribution in [0.3, 0.4) is 0 Å². The molecule has 0 bridgehead atoms. The number of carbonyl (C=O) groups excluding carboxylic acids is 1. The summed E-state index contributed by atoms with van der Waals surface area (Å²) in [6.45, 7) is 7.57. The smallest absolute Gasteiger partial charge is 0.339 e. The molecule has 5 aliphatic rings. The Morgan fingerprint density at radius 2 is 1.93 bits per heavy atom. The number of ether oxygens (including phenoxy) is 2. The molecule has 0 aromatic rings. The first kappa shape index (κ1) is 19.4. The lowest BCUT2D eigenvalue weighted by Gasteiger charge is -2.58. The molecule has 5 rings (SSSR count). The number of halogens is 1. The number of allylic oxidation sites excluding steroid dienone is 4. The average Bonchev–Trinajstić information content (AvgIpc) is 3.03. The lowest BCUT2D eigenvalue weighted by atomic mass is 9.47. The van der Waals surface area contributed by atoms with E-state index in [1.165, 1.54) is 6.08 Å². The van der Waals surface area contributed by atoms with E-state index in [2.05, 4.69) is 0 Å². The van der Waals surface area contributed by atoms with Gasteiger partial charge in [-0.25, -0.2) is 9.18 Å². The molecule has 1 heterocycles. The normalized spacial score (nSPS) is 52.2. The number of alkyl halides is 1. The van der Waals surface area contributed by atoms with Crippen LogP contribution in [0, 0.1) is 28.6 Å². The molecule has 1 aliphatic heterocycles. The quantitative estimate of drug-likeness (QED) is 0.719. The fourth-order valence-corrected chi connectivity index (χ4v) is 7.67. The van der Waals surface area contributed by atoms with Crippen molar-refractivity contribution in [1.82, 2.24) is 0 Å². The first-order valence-electron chi connectivity index (χ1n) is 10.7. The van der Waals surface area contributed by atoms with Crippen molar-refractivity contribution < 1.29 is 28.6 Å². The molecule has 1 N–H and O–H groups in total. The van der Waals surface area contributed by atoms with E-state index in [0.717, 1.165) is 6.42 Å². The third-order valence-corrected chi connectivity index (χ3v) is 8.85. The van der Waals surface area contributed by atoms with Crippen LogP contribution in [0.2, 0.25) is 0 Å². The van der Waals surface area contributed by atoms with Crippen LogP contribution in [0.15, 0.2) is 23.8 Å². The zero-order valence-corrected chi connectivity index (χ0v) is 17.4. The van der Waals surface area contributed by atoms with Crippen molar-refractivity contribution in [3.05, 3.63) is 23.8 Å². The van der Waals surface area contributed by atoms with Crippen molar-refractivity contribution in [2.24, 2.45) is 28.6 Å². The summed E-state index contributed by atoms with van der Waals surface area (Å²) in [5.74, 6) is -1.86. The van der Waals surface area contributed by atoms with Gasteiger partial charge in [0.15, 0.2) is 17.2 Å². The average molecular weight is 404 g/mol. The Kier molecular flexibility index (Phi) is 3.74. The van der Waals surface area contributed by atoms with Gasteiger partial charge in [-0.1, -0.05) is 19.9 Å². The zero-order valence-electron chi connectivity index (χ0n) is 17.4. The number of hydrogen-bond acceptors (Lipinski definition) is 4. The van der Waals surface area contributed by atoms with Gasteiger partial charge in [0.2, 0.25) is 0 Å². The number of aliphatic carboxylic acids is 1. The molecule has 3 saturated carbocycles. The van der Waals surface area contributed by atoms with E-state index < -0.39 is 40.5 Å². The molecule has 29 heavy (non-hydrogen) atoms. The summed E-state index contributed by atoms with van der Waals surface area (Å²) in [4.78, 5) is 24.4. The Labute approximate surface area is 170 Å². The monoisotopic (exact) mass is 404 g/mol. The lowest BCUT2D eigenvalue weighted by molar-refractivity contribution is -0.224. The largest absolute Gasteiger partial charge is 0.479 e. The molecule has 0 aromatic heterocycles. The molecule has 0 spiro atoms. The van der Waals surface area contributed by atoms with Crippen LogP contribution < -0.4 is 0 Å². The molecule has 4 fully saturated rings. The van der Waals surface area contributed by atoms with Crippen LogP contribution in [0.1, 0.15) is 53.4 Å². The van der Waals surface area contributed by atoms with Crippen molar-refractivity contribution in [2.45, 2.75) is 77.0 Å². The first-order valence-corrected chi connectivity index (χ1v) is 10.7. The van der Waals surface area contributed by atoms with Crippen molar-refractivity contribution in [3.8, 4) is 0 Å². The summed E-state index contributed by atoms with van der Waals surface area (Å²) in [7, 11) is 0. The van der Waals surface area contributed by atoms with E-state index >= 15 is 4.39 Å². The minimum Gasteiger partial charge on any atom is -0.479 e. The molecule has 158 valence electrons. The van der Waals surface area contributed by atoms with Crippen molar-refractivity contribution >= 4 is 11.8 Å². The molecular weight excluding hydrogens is 375 g/mol. The van der Waals surface area contributed by atoms with Crippen molar-refractivity contribution in [1.29, 1.82) is 0 Å². The minimum atomic E-state index is -1.40. The second-order valence-corrected chi connectivity index (χ2v) is 10.5. The highest BCUT2D eigenvalue weighted by Gasteiger charge is 2.76. The zero-order chi connectivity index (χ0) is 21.0. The van der Waals surface area contributed by atoms with Gasteiger partial charge in [-0.3, -0.25) is 4.79 Å². The van der Waals surface area contributed by atoms with Gasteiger partial charge in [-0.15, -0.1) is 0 Å². The second kappa shape index (κ2) is 5.58. The maximum Gasteiger partial charge on any atom is 0.339 e. The third-order valence-electron chi connectivity index (χ3n) is 8.85. The Morgan fingerprint density at radius 1 is 1.21 bits per heavy atom. The van der Waals surface area contributed by atoms with Crippen LogP contribution in [-0.4, -0.2) is 40.5 Å². The summed E-state index contributed by atoms with van der Waals surface area (Å²) in [5.41, 5.74) is -1.92. The van der Waals surface area contributed by atoms with Crippen LogP contribution in [0.25, 0.3) is 0 Å². The predicted molar refractivity (Wildman–Crippen MR) is 103 cm³/mol. The second-order valence-electron chi connectivity index (χ2n) is 10.5. The minimum absolute atomic E-state index is 0.00102. The van der Waals surface area contributed by atoms with E-state index in [9.17, 15) is 14.7 Å². The molecule has 6 heteroatoms. The molecule has 4 aliphatic carbocycles. The molecule has 0 aromatic carbocycles. The number of carboxylic acid groups (broad SMARTS) is 1. The van der Waals surface area contributed by atoms with Gasteiger partial charge in [0.1, 0.15) is 12.3 Å². The van der Waals surface area contributed by atoms with Gasteiger partial charge < -0.3 is 14.6 Å². The van der Waals surface area contributed by atoms with E-state index in [4.69, 9.17) is 9.47 Å². The van der Waals surface area contributed by atoms with Gasteiger partial charge >= 0.3 is 5.97 Å². The maximum atomic E-state index is 15.3. The van der Waals surface area contributed by atoms with E-state index in [1.807, 2.05) is 19.9 Å². The Bertz CT molecular complexity index is 861. The van der Waals surface area contributed by atoms with Crippen LogP contribution >= 0.6 is 0 Å². The fourth-order valence-electron chi connectivity index (χ4n) is 7.67. The summed E-state index contributed by atoms with van der Waals surface area (Å²) < 4.78 is 27.6. The summed E-state index contributed by atoms with van der Waals surface area (Å²) in [5, 5.41) is 10.3. The molecule has 5 nitrogen and oxygen atoms in total. The predicted octanol–water partition coefficient (Wildman–Crippen LogP) is 3.83. The standard InChI is InChI=1S/C23H29FO5/c1-20(2)28-18-11-15-13-10-17(24)16-9-12(25)5-7-21(16,3)14(13)6-8-22(15,4)23(18,29-20)19(26)27/h5,7,9,13-15,17-18H,6,8,10-11H2,1-4H3,(H,26,27)/t13?,14?,15?,17-,18+,21+,22-,23-/m0/s1. The molecule has 8 atom stereocenters. The van der Waals surface area contributed by atoms with E-state index in [1.54, 1.807) is 19.9 Å². The Balaban J connectivity index is 1.57. The van der Waals surface area contributed by atoms with E-state index in [0.29, 0.717) is 24.8 Å². The fraction of sp³-hybridized carbons (Fsp3) is 0.739. The number of fused-ring (bicyclic) bond motifs is 7. The highest BCUT2D eigenvalue weighted by atomic mass is 19.1. The summed E-state index contributed by atoms with van der Waals surface area (Å²) in [6, 6.07) is 0. The van der Waals surface area contributed by atoms with E-state index in [-0.39, 0.29) is 23.5 Å². The lowest BCUT2D eigenvalue weighted by Crippen LogP contribution is -2.60. The van der Waals surface area contributed by atoms with Gasteiger partial charge in [-0.05, 0) is 75.0 Å². The summed E-state index contributed by atoms with van der Waals surface area (Å²) in [6.07, 6.45) is 5.57. The van der Waals surface area contributed by atoms with Gasteiger partial charge in [0.05, 0.1) is 0 Å². The number of hydrogen-bond donors (Lipinski definition) is 1. The molecule has 1 saturated heterocycles. The summed E-state index contributed by atoms with van der Waals surface area (Å²) >= 11 is 0. The highest BCUT2D eigenvalue weighted by molar-refractivity contribution is 6.01. The molecular formula is C23H29FO5. The molecule has 0 amide bonds. The van der Waals surface area contributed by atoms with Crippen LogP contribution in [0.4, 0.5) is 4.39 Å². The van der Waals surface area contributed by atoms with Crippen LogP contribution in [-0.2, 0) is 19.1 Å². The van der Waals surface area contributed by atoms with Crippen LogP contribution in [0.5, 0.6) is 0 Å². The molecule has 0 radical (unpaired) electrons. The van der Waals surface area contributed by atoms with Gasteiger partial charge in [0, 0.05) is 10.8 Å². The number of carboxylic acids is 1. The number of ketones is 1. The SMILES string of the molecule is CC1(C)O[C@@H]2CC3C4C[C@H](F)C5=CC(=O)C=C[C@]5(C)C4CC[C@]3(C)[C@]2(C(=O)O)O1. The molecule has 3 unspecified atom stereocenters. The Morgan fingerprint density at radius 3 is 2.62 bits per heavy atom. The first-order chi connectivity index (χ1) is 13.4. The van der Waals surface area contributed by atoms with Gasteiger partial charge in [0.25, 0.3) is 0 Å². The highest BCUT2D eigenvalue weighted by Crippen LogP contribution is 2.70. The van der Waals surface area contributed by atoms with Gasteiger partial charge in [-0.2, -0.15) is 0 Å². The topological polar surface area (TPSA) is 72.8 Å². The van der Waals surface area contributed by atoms with Crippen molar-refractivity contribution in [2.75, 3.05) is 0 Å². The number of carbonyl (C=O) groups is 2. The third kappa shape index (κ3) is 2.22.